The molecule has 28 heavy (non-hydrogen) atoms. The van der Waals surface area contributed by atoms with E-state index in [1.54, 1.807) is 0 Å². The van der Waals surface area contributed by atoms with E-state index in [0.29, 0.717) is 0 Å². The number of ether oxygens (including phenoxy) is 1. The number of aliphatic hydroxyl groups is 1. The summed E-state index contributed by atoms with van der Waals surface area (Å²) < 4.78 is 67.9. The Hall–Kier alpha value is -2.68. The van der Waals surface area contributed by atoms with Crippen molar-refractivity contribution in [2.75, 3.05) is 6.61 Å². The van der Waals surface area contributed by atoms with Crippen molar-refractivity contribution in [3.05, 3.63) is 65.5 Å². The summed E-state index contributed by atoms with van der Waals surface area (Å²) >= 11 is 0. The molecule has 9 heteroatoms. The molecule has 0 aliphatic rings. The Kier molecular flexibility index (Phi) is 6.95. The topological polar surface area (TPSA) is 69.6 Å². The number of hydrogen-bond acceptors (Lipinski definition) is 4. The summed E-state index contributed by atoms with van der Waals surface area (Å²) in [6.45, 7) is -1.55. The zero-order valence-electron chi connectivity index (χ0n) is 14.3. The van der Waals surface area contributed by atoms with E-state index in [1.165, 1.54) is 36.4 Å². The minimum atomic E-state index is -4.33. The molecule has 0 saturated carbocycles. The summed E-state index contributed by atoms with van der Waals surface area (Å²) in [5.74, 6) is -8.06. The quantitative estimate of drug-likeness (QED) is 0.654. The number of aliphatic hydroxyl groups excluding tert-OH is 1. The van der Waals surface area contributed by atoms with Gasteiger partial charge in [-0.05, 0) is 41.8 Å². The van der Waals surface area contributed by atoms with Gasteiger partial charge in [0.25, 0.3) is 0 Å². The maximum Gasteiger partial charge on any atom is 0.340 e. The average Bonchev–Trinajstić information content (AvgIpc) is 2.64. The first-order chi connectivity index (χ1) is 13.1. The third kappa shape index (κ3) is 5.66. The maximum atomic E-state index is 13.0. The van der Waals surface area contributed by atoms with Gasteiger partial charge in [-0.15, -0.1) is 0 Å². The van der Waals surface area contributed by atoms with Gasteiger partial charge in [0.05, 0.1) is 6.10 Å². The Balaban J connectivity index is 2.13. The van der Waals surface area contributed by atoms with Crippen LogP contribution in [0.1, 0.15) is 17.2 Å². The van der Waals surface area contributed by atoms with Crippen molar-refractivity contribution in [1.82, 2.24) is 0 Å². The average molecular weight is 403 g/mol. The molecular weight excluding hydrogens is 387 g/mol. The number of alkyl halides is 4. The first kappa shape index (κ1) is 21.6. The van der Waals surface area contributed by atoms with E-state index >= 15 is 0 Å². The molecule has 4 nitrogen and oxygen atoms in total. The van der Waals surface area contributed by atoms with Gasteiger partial charge >= 0.3 is 12.3 Å². The second kappa shape index (κ2) is 9.01. The lowest BCUT2D eigenvalue weighted by molar-refractivity contribution is -0.314. The molecular formula is C19H16F5O4-. The lowest BCUT2D eigenvalue weighted by atomic mass is 9.90. The van der Waals surface area contributed by atoms with Crippen LogP contribution in [0, 0.1) is 11.7 Å². The lowest BCUT2D eigenvalue weighted by Gasteiger charge is -2.24. The Morgan fingerprint density at radius 3 is 2.36 bits per heavy atom. The van der Waals surface area contributed by atoms with Crippen LogP contribution in [0.25, 0.3) is 0 Å². The first-order valence-electron chi connectivity index (χ1n) is 8.12. The molecule has 1 N–H and O–H groups in total. The second-order valence-electron chi connectivity index (χ2n) is 6.12. The molecule has 0 bridgehead atoms. The highest BCUT2D eigenvalue weighted by Gasteiger charge is 2.41. The molecule has 0 aliphatic heterocycles. The highest BCUT2D eigenvalue weighted by molar-refractivity contribution is 5.69. The van der Waals surface area contributed by atoms with Crippen molar-refractivity contribution < 1.29 is 41.7 Å². The van der Waals surface area contributed by atoms with E-state index in [2.05, 4.69) is 4.74 Å². The highest BCUT2D eigenvalue weighted by atomic mass is 19.3. The number of benzene rings is 2. The standard InChI is InChI=1S/C19H17F5O4/c20-13-6-4-12(5-7-13)16(25)15(17(26)27)9-11-2-1-3-14(8-11)28-10-19(23,24)18(21)22/h1-8,15-16,18,25H,9-10H2,(H,26,27)/p-1. The fourth-order valence-corrected chi connectivity index (χ4v) is 2.47. The highest BCUT2D eigenvalue weighted by Crippen LogP contribution is 2.28. The smallest absolute Gasteiger partial charge is 0.340 e. The van der Waals surface area contributed by atoms with Crippen molar-refractivity contribution in [2.24, 2.45) is 5.92 Å². The predicted octanol–water partition coefficient (Wildman–Crippen LogP) is 2.75. The first-order valence-corrected chi connectivity index (χ1v) is 8.12. The van der Waals surface area contributed by atoms with Gasteiger partial charge in [-0.2, -0.15) is 8.78 Å². The molecule has 2 aromatic carbocycles. The molecule has 0 spiro atoms. The van der Waals surface area contributed by atoms with Crippen LogP contribution in [-0.4, -0.2) is 30.0 Å². The van der Waals surface area contributed by atoms with Crippen LogP contribution in [0.5, 0.6) is 5.75 Å². The van der Waals surface area contributed by atoms with E-state index in [-0.39, 0.29) is 23.3 Å². The minimum absolute atomic E-state index is 0.152. The van der Waals surface area contributed by atoms with Crippen LogP contribution in [0.4, 0.5) is 22.0 Å². The normalized spacial score (nSPS) is 14.0. The number of carboxylic acids is 1. The minimum Gasteiger partial charge on any atom is -0.550 e. The summed E-state index contributed by atoms with van der Waals surface area (Å²) in [7, 11) is 0. The molecule has 2 atom stereocenters. The number of carbonyl (C=O) groups is 1. The zero-order chi connectivity index (χ0) is 20.9. The van der Waals surface area contributed by atoms with Crippen LogP contribution in [0.2, 0.25) is 0 Å². The van der Waals surface area contributed by atoms with Gasteiger partial charge in [-0.1, -0.05) is 24.3 Å². The van der Waals surface area contributed by atoms with E-state index in [1.807, 2.05) is 0 Å². The molecule has 0 radical (unpaired) electrons. The third-order valence-corrected chi connectivity index (χ3v) is 4.00. The zero-order valence-corrected chi connectivity index (χ0v) is 14.3. The van der Waals surface area contributed by atoms with E-state index in [0.717, 1.165) is 12.1 Å². The van der Waals surface area contributed by atoms with Gasteiger partial charge in [-0.3, -0.25) is 0 Å². The van der Waals surface area contributed by atoms with E-state index in [9.17, 15) is 37.0 Å². The van der Waals surface area contributed by atoms with Gasteiger partial charge in [0, 0.05) is 11.9 Å². The number of rotatable bonds is 9. The summed E-state index contributed by atoms with van der Waals surface area (Å²) in [4.78, 5) is 11.4. The van der Waals surface area contributed by atoms with Crippen molar-refractivity contribution in [3.63, 3.8) is 0 Å². The summed E-state index contributed by atoms with van der Waals surface area (Å²) in [5.41, 5.74) is 0.438. The Morgan fingerprint density at radius 2 is 1.79 bits per heavy atom. The van der Waals surface area contributed by atoms with Crippen molar-refractivity contribution in [3.8, 4) is 5.75 Å². The van der Waals surface area contributed by atoms with E-state index in [4.69, 9.17) is 0 Å². The monoisotopic (exact) mass is 403 g/mol. The molecule has 2 aromatic rings. The van der Waals surface area contributed by atoms with Crippen LogP contribution < -0.4 is 9.84 Å². The molecule has 2 rings (SSSR count). The third-order valence-electron chi connectivity index (χ3n) is 4.00. The Bertz CT molecular complexity index is 795. The fraction of sp³-hybridized carbons (Fsp3) is 0.316. The molecule has 2 unspecified atom stereocenters. The van der Waals surface area contributed by atoms with Gasteiger partial charge in [0.15, 0.2) is 6.61 Å². The number of hydrogen-bond donors (Lipinski definition) is 1. The van der Waals surface area contributed by atoms with Crippen LogP contribution in [0.3, 0.4) is 0 Å². The summed E-state index contributed by atoms with van der Waals surface area (Å²) in [6, 6.07) is 9.83. The van der Waals surface area contributed by atoms with Crippen molar-refractivity contribution in [1.29, 1.82) is 0 Å². The van der Waals surface area contributed by atoms with Gasteiger partial charge < -0.3 is 19.7 Å². The Labute approximate surface area is 157 Å². The molecule has 152 valence electrons. The molecule has 0 fully saturated rings. The Morgan fingerprint density at radius 1 is 1.14 bits per heavy atom. The molecule has 0 aliphatic carbocycles. The molecule has 0 heterocycles. The summed E-state index contributed by atoms with van der Waals surface area (Å²) in [5, 5.41) is 21.7. The number of carboxylic acid groups (broad SMARTS) is 1. The lowest BCUT2D eigenvalue weighted by Crippen LogP contribution is -2.36. The second-order valence-corrected chi connectivity index (χ2v) is 6.12. The van der Waals surface area contributed by atoms with Gasteiger partial charge in [-0.25, -0.2) is 13.2 Å². The fourth-order valence-electron chi connectivity index (χ4n) is 2.47. The summed E-state index contributed by atoms with van der Waals surface area (Å²) in [6.07, 6.45) is -5.66. The van der Waals surface area contributed by atoms with Crippen molar-refractivity contribution in [2.45, 2.75) is 24.9 Å². The molecule has 0 saturated heterocycles. The van der Waals surface area contributed by atoms with Crippen LogP contribution in [0.15, 0.2) is 48.5 Å². The van der Waals surface area contributed by atoms with Gasteiger partial charge in [0.1, 0.15) is 11.6 Å². The SMILES string of the molecule is O=C([O-])C(Cc1cccc(OCC(F)(F)C(F)F)c1)C(O)c1ccc(F)cc1. The van der Waals surface area contributed by atoms with Crippen LogP contribution in [-0.2, 0) is 11.2 Å². The molecule has 0 amide bonds. The van der Waals surface area contributed by atoms with Crippen molar-refractivity contribution >= 4 is 5.97 Å². The number of carbonyl (C=O) groups excluding carboxylic acids is 1. The number of aliphatic carboxylic acids is 1. The van der Waals surface area contributed by atoms with E-state index < -0.39 is 42.8 Å². The number of halogens is 5. The van der Waals surface area contributed by atoms with Gasteiger partial charge in [0.2, 0.25) is 0 Å². The predicted molar refractivity (Wildman–Crippen MR) is 86.4 cm³/mol. The maximum absolute atomic E-state index is 13.0. The molecule has 0 aromatic heterocycles. The van der Waals surface area contributed by atoms with Crippen LogP contribution >= 0.6 is 0 Å². The largest absolute Gasteiger partial charge is 0.550 e.